The highest BCUT2D eigenvalue weighted by Gasteiger charge is 2.29. The summed E-state index contributed by atoms with van der Waals surface area (Å²) in [4.78, 5) is 36.4. The van der Waals surface area contributed by atoms with Crippen molar-refractivity contribution < 1.29 is 24.2 Å². The Kier molecular flexibility index (Phi) is 7.26. The van der Waals surface area contributed by atoms with Crippen molar-refractivity contribution in [1.29, 1.82) is 0 Å². The third kappa shape index (κ3) is 5.58. The van der Waals surface area contributed by atoms with Gasteiger partial charge in [0.25, 0.3) is 0 Å². The summed E-state index contributed by atoms with van der Waals surface area (Å²) in [5, 5.41) is 14.3. The number of fused-ring (bicyclic) bond motifs is 3. The molecule has 0 aromatic heterocycles. The molecule has 0 fully saturated rings. The van der Waals surface area contributed by atoms with E-state index in [-0.39, 0.29) is 25.4 Å². The van der Waals surface area contributed by atoms with Crippen LogP contribution in [0.2, 0.25) is 0 Å². The Bertz CT molecular complexity index is 1220. The van der Waals surface area contributed by atoms with Gasteiger partial charge in [-0.25, -0.2) is 4.79 Å². The lowest BCUT2D eigenvalue weighted by Gasteiger charge is -2.19. The molecule has 0 aliphatic heterocycles. The third-order valence-electron chi connectivity index (χ3n) is 5.90. The number of amides is 2. The van der Waals surface area contributed by atoms with E-state index in [1.165, 1.54) is 6.08 Å². The molecule has 0 radical (unpaired) electrons. The van der Waals surface area contributed by atoms with Crippen molar-refractivity contribution >= 4 is 23.7 Å². The van der Waals surface area contributed by atoms with Gasteiger partial charge in [0.2, 0.25) is 5.91 Å². The Labute approximate surface area is 203 Å². The van der Waals surface area contributed by atoms with Crippen LogP contribution in [0.1, 0.15) is 29.0 Å². The van der Waals surface area contributed by atoms with Crippen molar-refractivity contribution in [2.45, 2.75) is 24.8 Å². The van der Waals surface area contributed by atoms with E-state index in [0.29, 0.717) is 11.3 Å². The Balaban J connectivity index is 1.39. The highest BCUT2D eigenvalue weighted by molar-refractivity contribution is 5.96. The molecule has 1 atom stereocenters. The van der Waals surface area contributed by atoms with Crippen LogP contribution in [0.3, 0.4) is 0 Å². The number of benzene rings is 3. The van der Waals surface area contributed by atoms with Crippen molar-refractivity contribution in [3.05, 3.63) is 102 Å². The summed E-state index contributed by atoms with van der Waals surface area (Å²) in [6.45, 7) is 3.80. The fourth-order valence-electron chi connectivity index (χ4n) is 4.34. The number of hydrogen-bond donors (Lipinski definition) is 3. The zero-order chi connectivity index (χ0) is 24.8. The predicted octanol–water partition coefficient (Wildman–Crippen LogP) is 4.74. The van der Waals surface area contributed by atoms with E-state index >= 15 is 0 Å². The minimum absolute atomic E-state index is 0.0863. The summed E-state index contributed by atoms with van der Waals surface area (Å²) in [5.74, 6) is -1.50. The van der Waals surface area contributed by atoms with Crippen molar-refractivity contribution in [2.75, 3.05) is 11.9 Å². The van der Waals surface area contributed by atoms with Gasteiger partial charge < -0.3 is 20.5 Å². The fraction of sp³-hybridized carbons (Fsp3) is 0.179. The molecule has 7 nitrogen and oxygen atoms in total. The molecule has 1 aliphatic carbocycles. The molecular weight excluding hydrogens is 444 g/mol. The van der Waals surface area contributed by atoms with E-state index in [4.69, 9.17) is 9.84 Å². The van der Waals surface area contributed by atoms with Gasteiger partial charge in [-0.05, 0) is 46.4 Å². The molecule has 2 amide bonds. The van der Waals surface area contributed by atoms with Crippen LogP contribution in [-0.2, 0) is 20.7 Å². The van der Waals surface area contributed by atoms with E-state index in [0.717, 1.165) is 22.3 Å². The zero-order valence-electron chi connectivity index (χ0n) is 19.1. The first-order valence-corrected chi connectivity index (χ1v) is 11.3. The number of carbonyl (C=O) groups excluding carboxylic acids is 2. The Morgan fingerprint density at radius 2 is 1.63 bits per heavy atom. The second-order valence-corrected chi connectivity index (χ2v) is 8.31. The van der Waals surface area contributed by atoms with Crippen LogP contribution in [0.4, 0.5) is 10.5 Å². The highest BCUT2D eigenvalue weighted by atomic mass is 16.5. The lowest BCUT2D eigenvalue weighted by molar-refractivity contribution is -0.136. The number of carbonyl (C=O) groups is 3. The zero-order valence-corrected chi connectivity index (χ0v) is 19.1. The minimum atomic E-state index is -0.963. The maximum atomic E-state index is 12.8. The lowest BCUT2D eigenvalue weighted by Crippen LogP contribution is -2.44. The molecule has 0 saturated heterocycles. The summed E-state index contributed by atoms with van der Waals surface area (Å²) in [5.41, 5.74) is 5.46. The van der Waals surface area contributed by atoms with E-state index in [1.54, 1.807) is 24.3 Å². The van der Waals surface area contributed by atoms with Crippen LogP contribution < -0.4 is 10.6 Å². The van der Waals surface area contributed by atoms with Crippen LogP contribution in [0.25, 0.3) is 11.1 Å². The summed E-state index contributed by atoms with van der Waals surface area (Å²) in [7, 11) is 0. The standard InChI is InChI=1S/C28H26N2O5/c1-2-8-25(27(33)29-19-10-7-9-18(15-19)16-26(31)32)30-28(34)35-17-24-22-13-5-3-11-20(22)21-12-4-6-14-23(21)24/h2-7,9-15,24-25H,1,8,16-17H2,(H,29,33)(H,30,34)(H,31,32). The van der Waals surface area contributed by atoms with E-state index in [2.05, 4.69) is 29.3 Å². The second-order valence-electron chi connectivity index (χ2n) is 8.31. The predicted molar refractivity (Wildman–Crippen MR) is 133 cm³/mol. The first-order chi connectivity index (χ1) is 17.0. The van der Waals surface area contributed by atoms with E-state index in [9.17, 15) is 14.4 Å². The normalized spacial score (nSPS) is 12.7. The molecule has 3 aromatic rings. The number of alkyl carbamates (subject to hydrolysis) is 1. The molecular formula is C28H26N2O5. The van der Waals surface area contributed by atoms with Crippen molar-refractivity contribution in [1.82, 2.24) is 5.32 Å². The van der Waals surface area contributed by atoms with Gasteiger partial charge in [-0.3, -0.25) is 9.59 Å². The first kappa shape index (κ1) is 23.8. The summed E-state index contributed by atoms with van der Waals surface area (Å²) >= 11 is 0. The minimum Gasteiger partial charge on any atom is -0.481 e. The maximum absolute atomic E-state index is 12.8. The van der Waals surface area contributed by atoms with Crippen molar-refractivity contribution in [3.8, 4) is 11.1 Å². The van der Waals surface area contributed by atoms with Crippen LogP contribution in [0.15, 0.2) is 85.5 Å². The molecule has 7 heteroatoms. The van der Waals surface area contributed by atoms with Gasteiger partial charge in [-0.1, -0.05) is 66.7 Å². The Hall–Kier alpha value is -4.39. The maximum Gasteiger partial charge on any atom is 0.407 e. The number of carboxylic acid groups (broad SMARTS) is 1. The summed E-state index contributed by atoms with van der Waals surface area (Å²) in [6.07, 6.45) is 0.880. The number of anilines is 1. The molecule has 35 heavy (non-hydrogen) atoms. The topological polar surface area (TPSA) is 105 Å². The van der Waals surface area contributed by atoms with Gasteiger partial charge in [-0.15, -0.1) is 6.58 Å². The molecule has 0 saturated carbocycles. The first-order valence-electron chi connectivity index (χ1n) is 11.3. The Morgan fingerprint density at radius 1 is 0.971 bits per heavy atom. The number of rotatable bonds is 9. The van der Waals surface area contributed by atoms with Gasteiger partial charge in [0.15, 0.2) is 0 Å². The average molecular weight is 471 g/mol. The van der Waals surface area contributed by atoms with Crippen LogP contribution >= 0.6 is 0 Å². The van der Waals surface area contributed by atoms with Crippen molar-refractivity contribution in [3.63, 3.8) is 0 Å². The molecule has 0 spiro atoms. The quantitative estimate of drug-likeness (QED) is 0.392. The van der Waals surface area contributed by atoms with Gasteiger partial charge in [0.05, 0.1) is 6.42 Å². The largest absolute Gasteiger partial charge is 0.481 e. The number of nitrogens with one attached hydrogen (secondary N) is 2. The third-order valence-corrected chi connectivity index (χ3v) is 5.90. The smallest absolute Gasteiger partial charge is 0.407 e. The van der Waals surface area contributed by atoms with Gasteiger partial charge >= 0.3 is 12.1 Å². The molecule has 3 N–H and O–H groups in total. The number of carboxylic acids is 1. The van der Waals surface area contributed by atoms with Crippen LogP contribution in [0, 0.1) is 0 Å². The highest BCUT2D eigenvalue weighted by Crippen LogP contribution is 2.44. The summed E-state index contributed by atoms with van der Waals surface area (Å²) < 4.78 is 5.55. The number of hydrogen-bond acceptors (Lipinski definition) is 4. The van der Waals surface area contributed by atoms with Crippen LogP contribution in [-0.4, -0.2) is 35.7 Å². The Morgan fingerprint density at radius 3 is 2.26 bits per heavy atom. The molecule has 1 unspecified atom stereocenters. The van der Waals surface area contributed by atoms with Gasteiger partial charge in [0, 0.05) is 11.6 Å². The molecule has 1 aliphatic rings. The lowest BCUT2D eigenvalue weighted by atomic mass is 9.98. The monoisotopic (exact) mass is 470 g/mol. The van der Waals surface area contributed by atoms with E-state index < -0.39 is 24.0 Å². The second kappa shape index (κ2) is 10.7. The fourth-order valence-corrected chi connectivity index (χ4v) is 4.34. The molecule has 0 heterocycles. The summed E-state index contributed by atoms with van der Waals surface area (Å²) in [6, 6.07) is 21.8. The SMILES string of the molecule is C=CCC(NC(=O)OCC1c2ccccc2-c2ccccc21)C(=O)Nc1cccc(CC(=O)O)c1. The molecule has 3 aromatic carbocycles. The number of ether oxygens (including phenoxy) is 1. The van der Waals surface area contributed by atoms with Gasteiger partial charge in [0.1, 0.15) is 12.6 Å². The van der Waals surface area contributed by atoms with Crippen LogP contribution in [0.5, 0.6) is 0 Å². The molecule has 0 bridgehead atoms. The van der Waals surface area contributed by atoms with E-state index in [1.807, 2.05) is 36.4 Å². The molecule has 178 valence electrons. The van der Waals surface area contributed by atoms with Gasteiger partial charge in [-0.2, -0.15) is 0 Å². The average Bonchev–Trinajstić information content (AvgIpc) is 3.16. The van der Waals surface area contributed by atoms with Crippen molar-refractivity contribution in [2.24, 2.45) is 0 Å². The molecule has 4 rings (SSSR count). The number of aliphatic carboxylic acids is 1.